The highest BCUT2D eigenvalue weighted by Crippen LogP contribution is 2.34. The van der Waals surface area contributed by atoms with Gasteiger partial charge in [0.05, 0.1) is 12.7 Å². The topological polar surface area (TPSA) is 77.2 Å². The Morgan fingerprint density at radius 2 is 2.25 bits per heavy atom. The Hall–Kier alpha value is -0.640. The van der Waals surface area contributed by atoms with E-state index in [1.165, 1.54) is 0 Å². The molecule has 1 aromatic heterocycles. The van der Waals surface area contributed by atoms with Crippen LogP contribution in [-0.4, -0.2) is 20.9 Å². The number of hydrogen-bond donors (Lipinski definition) is 3. The first kappa shape index (κ1) is 9.45. The fourth-order valence-corrected chi connectivity index (χ4v) is 1.47. The van der Waals surface area contributed by atoms with Crippen LogP contribution in [0.2, 0.25) is 0 Å². The number of H-pyrrole nitrogens is 1. The van der Waals surface area contributed by atoms with Gasteiger partial charge < -0.3 is 9.79 Å². The molecule has 1 rings (SSSR count). The molecule has 0 aromatic carbocycles. The molecule has 12 heavy (non-hydrogen) atoms. The number of aryl methyl sites for hydroxylation is 1. The minimum absolute atomic E-state index is 0.0504. The van der Waals surface area contributed by atoms with E-state index in [0.717, 1.165) is 0 Å². The van der Waals surface area contributed by atoms with Crippen molar-refractivity contribution in [3.8, 4) is 0 Å². The Bertz CT molecular complexity index is 266. The van der Waals surface area contributed by atoms with Crippen molar-refractivity contribution < 1.29 is 18.9 Å². The average molecular weight is 191 g/mol. The molecule has 5 nitrogen and oxygen atoms in total. The van der Waals surface area contributed by atoms with E-state index in [9.17, 15) is 4.57 Å². The second-order valence-corrected chi connectivity index (χ2v) is 4.37. The van der Waals surface area contributed by atoms with E-state index in [4.69, 9.17) is 9.79 Å². The lowest BCUT2D eigenvalue weighted by atomic mass is 10.5. The van der Waals surface area contributed by atoms with Gasteiger partial charge in [-0.15, -0.1) is 0 Å². The van der Waals surface area contributed by atoms with Gasteiger partial charge in [0, 0.05) is 0 Å². The van der Waals surface area contributed by atoms with Crippen molar-refractivity contribution in [2.75, 3.05) is 6.16 Å². The maximum absolute atomic E-state index is 10.4. The summed E-state index contributed by atoms with van der Waals surface area (Å²) in [5, 5.41) is 0. The van der Waals surface area contributed by atoms with Crippen molar-refractivity contribution in [3.05, 3.63) is 18.7 Å². The summed E-state index contributed by atoms with van der Waals surface area (Å²) in [5.41, 5.74) is 0. The molecular weight excluding hydrogens is 179 g/mol. The molecule has 0 atom stereocenters. The molecule has 6 heteroatoms. The molecule has 0 unspecified atom stereocenters. The zero-order chi connectivity index (χ0) is 9.03. The van der Waals surface area contributed by atoms with Crippen LogP contribution < -0.4 is 4.57 Å². The van der Waals surface area contributed by atoms with Crippen LogP contribution in [0.1, 0.15) is 6.42 Å². The van der Waals surface area contributed by atoms with Crippen LogP contribution >= 0.6 is 7.60 Å². The van der Waals surface area contributed by atoms with Crippen LogP contribution in [0.4, 0.5) is 0 Å². The summed E-state index contributed by atoms with van der Waals surface area (Å²) >= 11 is 0. The molecule has 0 aliphatic heterocycles. The van der Waals surface area contributed by atoms with Gasteiger partial charge in [0.25, 0.3) is 0 Å². The van der Waals surface area contributed by atoms with Crippen LogP contribution in [-0.2, 0) is 11.1 Å². The Kier molecular flexibility index (Phi) is 3.03. The fourth-order valence-electron chi connectivity index (χ4n) is 0.919. The standard InChI is InChI=1S/C6H11N2O3P/c9-12(10,11)5-1-3-8-4-2-7-6-8/h2,4,6H,1,3,5H2,(H2,9,10,11)/p+1. The monoisotopic (exact) mass is 191 g/mol. The van der Waals surface area contributed by atoms with E-state index < -0.39 is 7.60 Å². The predicted octanol–water partition coefficient (Wildman–Crippen LogP) is -0.130. The number of aromatic amines is 1. The Morgan fingerprint density at radius 1 is 1.50 bits per heavy atom. The third kappa shape index (κ3) is 3.67. The second kappa shape index (κ2) is 3.85. The van der Waals surface area contributed by atoms with Crippen LogP contribution in [0.3, 0.4) is 0 Å². The number of rotatable bonds is 4. The lowest BCUT2D eigenvalue weighted by Gasteiger charge is -2.00. The van der Waals surface area contributed by atoms with Crippen LogP contribution in [0.15, 0.2) is 18.7 Å². The fraction of sp³-hybridized carbons (Fsp3) is 0.500. The van der Waals surface area contributed by atoms with Gasteiger partial charge >= 0.3 is 7.60 Å². The normalized spacial score (nSPS) is 11.8. The molecule has 68 valence electrons. The number of imidazole rings is 1. The van der Waals surface area contributed by atoms with Gasteiger partial charge in [0.15, 0.2) is 0 Å². The number of nitrogens with one attached hydrogen (secondary N) is 1. The summed E-state index contributed by atoms with van der Waals surface area (Å²) in [6.45, 7) is 0.634. The van der Waals surface area contributed by atoms with Crippen molar-refractivity contribution in [1.29, 1.82) is 0 Å². The van der Waals surface area contributed by atoms with Crippen molar-refractivity contribution >= 4 is 7.60 Å². The predicted molar refractivity (Wildman–Crippen MR) is 42.5 cm³/mol. The average Bonchev–Trinajstić information content (AvgIpc) is 2.36. The van der Waals surface area contributed by atoms with E-state index in [1.807, 2.05) is 10.8 Å². The second-order valence-electron chi connectivity index (χ2n) is 2.59. The van der Waals surface area contributed by atoms with E-state index in [0.29, 0.717) is 13.0 Å². The van der Waals surface area contributed by atoms with Crippen LogP contribution in [0.5, 0.6) is 0 Å². The maximum atomic E-state index is 10.4. The summed E-state index contributed by atoms with van der Waals surface area (Å²) in [4.78, 5) is 19.9. The minimum Gasteiger partial charge on any atom is -0.324 e. The number of nitrogens with zero attached hydrogens (tertiary/aromatic N) is 1. The molecule has 0 bridgehead atoms. The van der Waals surface area contributed by atoms with Crippen molar-refractivity contribution in [1.82, 2.24) is 4.98 Å². The van der Waals surface area contributed by atoms with E-state index >= 15 is 0 Å². The molecule has 0 radical (unpaired) electrons. The van der Waals surface area contributed by atoms with Gasteiger partial charge in [0.2, 0.25) is 6.33 Å². The summed E-state index contributed by atoms with van der Waals surface area (Å²) < 4.78 is 12.3. The lowest BCUT2D eigenvalue weighted by molar-refractivity contribution is -0.695. The molecule has 1 heterocycles. The van der Waals surface area contributed by atoms with Gasteiger partial charge in [0.1, 0.15) is 12.4 Å². The third-order valence-corrected chi connectivity index (χ3v) is 2.37. The highest BCUT2D eigenvalue weighted by atomic mass is 31.2. The minimum atomic E-state index is -3.81. The van der Waals surface area contributed by atoms with E-state index in [-0.39, 0.29) is 6.16 Å². The summed E-state index contributed by atoms with van der Waals surface area (Å²) in [5.74, 6) is 0. The quantitative estimate of drug-likeness (QED) is 0.458. The van der Waals surface area contributed by atoms with Crippen LogP contribution in [0.25, 0.3) is 0 Å². The summed E-state index contributed by atoms with van der Waals surface area (Å²) in [7, 11) is -3.81. The molecule has 0 amide bonds. The Labute approximate surface area is 70.2 Å². The van der Waals surface area contributed by atoms with Crippen molar-refractivity contribution in [2.45, 2.75) is 13.0 Å². The van der Waals surface area contributed by atoms with Crippen LogP contribution in [0, 0.1) is 0 Å². The molecule has 0 aliphatic carbocycles. The molecule has 1 aromatic rings. The van der Waals surface area contributed by atoms with E-state index in [2.05, 4.69) is 4.98 Å². The van der Waals surface area contributed by atoms with Gasteiger partial charge in [-0.25, -0.2) is 4.57 Å². The zero-order valence-corrected chi connectivity index (χ0v) is 7.44. The summed E-state index contributed by atoms with van der Waals surface area (Å²) in [6.07, 6.45) is 5.77. The van der Waals surface area contributed by atoms with Gasteiger partial charge in [-0.1, -0.05) is 0 Å². The molecule has 0 saturated heterocycles. The van der Waals surface area contributed by atoms with E-state index in [1.54, 1.807) is 12.5 Å². The molecule has 0 aliphatic rings. The van der Waals surface area contributed by atoms with Crippen molar-refractivity contribution in [2.24, 2.45) is 0 Å². The largest absolute Gasteiger partial charge is 0.325 e. The van der Waals surface area contributed by atoms with Gasteiger partial charge in [-0.05, 0) is 6.42 Å². The maximum Gasteiger partial charge on any atom is 0.325 e. The number of aromatic nitrogens is 2. The molecule has 3 N–H and O–H groups in total. The summed E-state index contributed by atoms with van der Waals surface area (Å²) in [6, 6.07) is 0. The Balaban J connectivity index is 2.24. The first-order chi connectivity index (χ1) is 5.58. The van der Waals surface area contributed by atoms with Crippen molar-refractivity contribution in [3.63, 3.8) is 0 Å². The number of hydrogen-bond acceptors (Lipinski definition) is 1. The lowest BCUT2D eigenvalue weighted by Crippen LogP contribution is -2.30. The smallest absolute Gasteiger partial charge is 0.324 e. The first-order valence-corrected chi connectivity index (χ1v) is 5.44. The van der Waals surface area contributed by atoms with Gasteiger partial charge in [-0.3, -0.25) is 9.55 Å². The Morgan fingerprint density at radius 3 is 2.75 bits per heavy atom. The zero-order valence-electron chi connectivity index (χ0n) is 6.55. The molecule has 0 saturated carbocycles. The molecule has 0 fully saturated rings. The molecule has 0 spiro atoms. The molecular formula is C6H12N2O3P+. The SMILES string of the molecule is O=P(O)(O)CCC[n+]1cc[nH]c1. The highest BCUT2D eigenvalue weighted by Gasteiger charge is 2.12. The highest BCUT2D eigenvalue weighted by molar-refractivity contribution is 7.51. The third-order valence-electron chi connectivity index (χ3n) is 1.47. The van der Waals surface area contributed by atoms with Gasteiger partial charge in [-0.2, -0.15) is 0 Å². The first-order valence-electron chi connectivity index (χ1n) is 3.64.